The molecule has 11 rings (SSSR count). The molecule has 3 aliphatic rings. The van der Waals surface area contributed by atoms with E-state index in [0.29, 0.717) is 67.5 Å². The Morgan fingerprint density at radius 1 is 0.351 bits per heavy atom. The first-order chi connectivity index (χ1) is 66.0. The van der Waals surface area contributed by atoms with Crippen LogP contribution >= 0.6 is 0 Å². The van der Waals surface area contributed by atoms with E-state index in [1.54, 1.807) is 20.3 Å². The van der Waals surface area contributed by atoms with Crippen LogP contribution in [0.2, 0.25) is 0 Å². The van der Waals surface area contributed by atoms with Crippen LogP contribution < -0.4 is 14.7 Å². The van der Waals surface area contributed by atoms with Crippen molar-refractivity contribution in [1.82, 2.24) is 0 Å². The maximum atomic E-state index is 15.0. The Hall–Kier alpha value is -8.30. The molecule has 0 saturated heterocycles. The van der Waals surface area contributed by atoms with Gasteiger partial charge in [-0.25, -0.2) is 9.68 Å². The van der Waals surface area contributed by atoms with Gasteiger partial charge in [-0.15, -0.1) is 0 Å². The lowest BCUT2D eigenvalue weighted by Crippen LogP contribution is -2.30. The third-order valence-corrected chi connectivity index (χ3v) is 27.0. The van der Waals surface area contributed by atoms with Crippen molar-refractivity contribution >= 4 is 12.3 Å². The van der Waals surface area contributed by atoms with Crippen LogP contribution in [-0.4, -0.2) is 201 Å². The van der Waals surface area contributed by atoms with Crippen molar-refractivity contribution in [3.05, 3.63) is 212 Å². The molecule has 0 fully saturated rings. The molecule has 0 atom stereocenters. The number of hydrogen-bond donors (Lipinski definition) is 3. The highest BCUT2D eigenvalue weighted by molar-refractivity contribution is 5.96. The number of methoxy groups -OCH3 is 2. The molecule has 0 spiro atoms. The van der Waals surface area contributed by atoms with Crippen LogP contribution in [0.4, 0.5) is 0 Å². The summed E-state index contributed by atoms with van der Waals surface area (Å²) >= 11 is 0. The maximum Gasteiger partial charge on any atom is 0.349 e. The number of benzene rings is 8. The molecule has 732 valence electrons. The monoisotopic (exact) mass is 1850 g/mol. The zero-order valence-corrected chi connectivity index (χ0v) is 81.3. The van der Waals surface area contributed by atoms with E-state index in [1.165, 1.54) is 179 Å². The van der Waals surface area contributed by atoms with E-state index in [4.69, 9.17) is 76.1 Å². The number of aliphatic hydroxyl groups excluding tert-OH is 1. The van der Waals surface area contributed by atoms with Crippen molar-refractivity contribution in [3.8, 4) is 67.1 Å². The van der Waals surface area contributed by atoms with E-state index >= 15 is 4.79 Å². The first-order valence-electron chi connectivity index (χ1n) is 50.4. The zero-order valence-electron chi connectivity index (χ0n) is 81.3. The molecule has 3 aliphatic carbocycles. The first kappa shape index (κ1) is 106. The van der Waals surface area contributed by atoms with E-state index in [2.05, 4.69) is 160 Å². The van der Waals surface area contributed by atoms with Gasteiger partial charge in [0.15, 0.2) is 11.5 Å². The summed E-state index contributed by atoms with van der Waals surface area (Å²) < 4.78 is 89.6. The smallest absolute Gasteiger partial charge is 0.349 e. The van der Waals surface area contributed by atoms with Gasteiger partial charge in [-0.05, 0) is 179 Å². The standard InChI is InChI=1S/C113H154O21/c1-7-11-15-19-23-31-47-111(48-32-24-20-16-12-8-2)102-37-29-27-35-94(102)96-43-39-86(77-104(96)111)88-41-45-98-99-46-42-89(87-40-44-97-95-36-28-30-38-103(95)112(105(97)78-87,49-33-25-21-17-13-9-3)50-34-26-22-18-14-10-4)80-107(99)113(106(98)79-88,93-81-100(110(115)116)109(132-73-70-127-63-60-123-56-54-120-6)108(82-93)131-72-69-126-62-59-122-55-53-119-5)92-75-90(83-129-67-65-124-58-57-121-52-51-114)101(91(76-92)84-134-118)85-130-68-66-125-61-64-128-71-74-133-117/h27-30,35-46,75-82,84,114,117H,7-26,31-34,47-74,83,85H2,1-6H3,(H,115,116). The Morgan fingerprint density at radius 2 is 0.694 bits per heavy atom. The molecule has 0 bridgehead atoms. The lowest BCUT2D eigenvalue weighted by Gasteiger charge is -2.36. The van der Waals surface area contributed by atoms with Gasteiger partial charge in [-0.2, -0.15) is 4.58 Å². The Balaban J connectivity index is 1.19. The molecule has 0 saturated carbocycles. The zero-order chi connectivity index (χ0) is 94.1. The van der Waals surface area contributed by atoms with Crippen LogP contribution in [-0.2, 0) is 91.2 Å². The minimum absolute atomic E-state index is 0.000360. The molecule has 0 aromatic heterocycles. The molecule has 0 unspecified atom stereocenters. The van der Waals surface area contributed by atoms with Crippen molar-refractivity contribution in [2.75, 3.05) is 173 Å². The maximum absolute atomic E-state index is 15.0. The number of hydrogen-bond acceptors (Lipinski definition) is 19. The predicted octanol–water partition coefficient (Wildman–Crippen LogP) is 22.9. The SMILES string of the molecule is CCCCCCCCC1(CCCCCCCC)c2ccccc2-c2ccc(-c3ccc4c(c3)C(c3cc(C=[O+][O-])c(COCCOCCOCCOO)c(COCCOCCOCCO)c3)(c3cc(OCCOCCOCCOC)c(OCCOCCOCCOC)c(C(=O)O)c3)c3cc(-c5ccc6c(c5)C(CCCCCCCC)(CCCCCCCC)c5ccccc5-6)ccc3-4)cc21. The van der Waals surface area contributed by atoms with E-state index < -0.39 is 11.4 Å². The van der Waals surface area contributed by atoms with Crippen LogP contribution in [0.25, 0.3) is 55.6 Å². The normalized spacial score (nSPS) is 13.5. The quantitative estimate of drug-likeness (QED) is 0.0105. The number of carbonyl (C=O) groups excluding carboxylic acids is 1. The van der Waals surface area contributed by atoms with Crippen LogP contribution in [0.1, 0.15) is 284 Å². The second-order valence-corrected chi connectivity index (χ2v) is 35.9. The number of carboxylic acid groups (broad SMARTS) is 1. The Morgan fingerprint density at radius 3 is 1.10 bits per heavy atom. The number of ether oxygens (including phenoxy) is 14. The summed E-state index contributed by atoms with van der Waals surface area (Å²) in [5, 5.41) is 44.1. The van der Waals surface area contributed by atoms with Crippen molar-refractivity contribution < 1.29 is 101 Å². The highest BCUT2D eigenvalue weighted by Crippen LogP contribution is 2.62. The van der Waals surface area contributed by atoms with Gasteiger partial charge in [0.25, 0.3) is 0 Å². The molecule has 0 amide bonds. The van der Waals surface area contributed by atoms with Gasteiger partial charge in [0.1, 0.15) is 25.4 Å². The topological polar surface area (TPSA) is 251 Å². The fourth-order valence-electron chi connectivity index (χ4n) is 20.3. The molecule has 0 aliphatic heterocycles. The average molecular weight is 1850 g/mol. The van der Waals surface area contributed by atoms with Crippen molar-refractivity contribution in [2.24, 2.45) is 0 Å². The van der Waals surface area contributed by atoms with E-state index in [9.17, 15) is 15.5 Å². The third-order valence-electron chi connectivity index (χ3n) is 27.0. The van der Waals surface area contributed by atoms with E-state index in [1.807, 2.05) is 12.1 Å². The van der Waals surface area contributed by atoms with Gasteiger partial charge < -0.3 is 81.8 Å². The third kappa shape index (κ3) is 28.9. The fourth-order valence-corrected chi connectivity index (χ4v) is 20.3. The largest absolute Gasteiger partial charge is 0.487 e. The van der Waals surface area contributed by atoms with Gasteiger partial charge >= 0.3 is 12.3 Å². The lowest BCUT2D eigenvalue weighted by atomic mass is 9.66. The predicted molar refractivity (Wildman–Crippen MR) is 528 cm³/mol. The highest BCUT2D eigenvalue weighted by atomic mass is 17.1. The summed E-state index contributed by atoms with van der Waals surface area (Å²) in [5.74, 6) is -1.11. The van der Waals surface area contributed by atoms with Crippen LogP contribution in [0.15, 0.2) is 146 Å². The number of unbranched alkanes of at least 4 members (excludes halogenated alkanes) is 20. The fraction of sp³-hybridized carbons (Fsp3) is 0.558. The molecule has 0 radical (unpaired) electrons. The summed E-state index contributed by atoms with van der Waals surface area (Å²) in [6, 6.07) is 54.3. The Bertz CT molecular complexity index is 4570. The first-order valence-corrected chi connectivity index (χ1v) is 50.4. The van der Waals surface area contributed by atoms with Gasteiger partial charge in [0.05, 0.1) is 163 Å². The van der Waals surface area contributed by atoms with Gasteiger partial charge in [-0.1, -0.05) is 285 Å². The van der Waals surface area contributed by atoms with Crippen molar-refractivity contribution in [2.45, 2.75) is 237 Å². The summed E-state index contributed by atoms with van der Waals surface area (Å²) in [5.41, 5.74) is 18.9. The van der Waals surface area contributed by atoms with Crippen molar-refractivity contribution in [1.29, 1.82) is 0 Å². The van der Waals surface area contributed by atoms with Gasteiger partial charge in [0, 0.05) is 25.0 Å². The highest BCUT2D eigenvalue weighted by Gasteiger charge is 2.50. The van der Waals surface area contributed by atoms with Crippen LogP contribution in [0, 0.1) is 0 Å². The number of aromatic carboxylic acids is 1. The number of aliphatic hydroxyl groups is 1. The number of carboxylic acids is 1. The van der Waals surface area contributed by atoms with Gasteiger partial charge in [-0.3, -0.25) is 5.26 Å². The Kier molecular flexibility index (Phi) is 46.8. The molecule has 134 heavy (non-hydrogen) atoms. The summed E-state index contributed by atoms with van der Waals surface area (Å²) in [6.45, 7) is 14.2. The molecular weight excluding hydrogens is 1690 g/mol. The molecule has 3 N–H and O–H groups in total. The number of fused-ring (bicyclic) bond motifs is 9. The summed E-state index contributed by atoms with van der Waals surface area (Å²) in [6.07, 6.45) is 34.0. The van der Waals surface area contributed by atoms with E-state index in [0.717, 1.165) is 95.9 Å². The molecule has 8 aromatic carbocycles. The van der Waals surface area contributed by atoms with Crippen LogP contribution in [0.3, 0.4) is 0 Å². The van der Waals surface area contributed by atoms with Gasteiger partial charge in [0.2, 0.25) is 0 Å². The summed E-state index contributed by atoms with van der Waals surface area (Å²) in [4.78, 5) is 19.2. The summed E-state index contributed by atoms with van der Waals surface area (Å²) in [7, 11) is 3.26. The molecule has 21 nitrogen and oxygen atoms in total. The Labute approximate surface area is 798 Å². The molecule has 0 heterocycles. The lowest BCUT2D eigenvalue weighted by molar-refractivity contribution is -0.935. The van der Waals surface area contributed by atoms with E-state index in [-0.39, 0.29) is 160 Å². The second-order valence-electron chi connectivity index (χ2n) is 35.9. The number of carbonyl (C=O) groups is 1. The average Bonchev–Trinajstić information content (AvgIpc) is 1.52. The minimum atomic E-state index is -1.53. The minimum Gasteiger partial charge on any atom is -0.487 e. The number of rotatable bonds is 75. The number of aldehydes is 1. The molecular formula is C113H154O21. The van der Waals surface area contributed by atoms with Crippen LogP contribution in [0.5, 0.6) is 11.5 Å². The molecule has 21 heteroatoms. The second kappa shape index (κ2) is 59.1. The van der Waals surface area contributed by atoms with Crippen molar-refractivity contribution in [3.63, 3.8) is 0 Å². The molecule has 8 aromatic rings.